The molecular weight excluding hydrogens is 326 g/mol. The van der Waals surface area contributed by atoms with E-state index in [1.807, 2.05) is 19.1 Å². The van der Waals surface area contributed by atoms with Gasteiger partial charge in [0.2, 0.25) is 5.91 Å². The molecule has 3 rings (SSSR count). The summed E-state index contributed by atoms with van der Waals surface area (Å²) in [7, 11) is 0. The van der Waals surface area contributed by atoms with E-state index in [2.05, 4.69) is 15.6 Å². The van der Waals surface area contributed by atoms with E-state index in [0.717, 1.165) is 5.76 Å². The average Bonchev–Trinajstić information content (AvgIpc) is 3.07. The lowest BCUT2D eigenvalue weighted by Crippen LogP contribution is -2.19. The molecule has 0 unspecified atom stereocenters. The fraction of sp³-hybridized carbons (Fsp3) is 0.118. The zero-order chi connectivity index (χ0) is 17.1. The van der Waals surface area contributed by atoms with Crippen molar-refractivity contribution < 1.29 is 14.0 Å². The van der Waals surface area contributed by atoms with Crippen LogP contribution in [-0.2, 0) is 9.59 Å². The standard InChI is InChI=1S/C17H15N3O3S/c1-10-3-8-14(23-10)9-15-16(22)20-17(24-15)19-13-6-4-12(5-7-13)18-11(2)21/h3-9H,1-2H3,(H,18,21)(H,19,20,22)/b15-9-. The number of amides is 2. The molecule has 2 aromatic rings. The van der Waals surface area contributed by atoms with E-state index in [9.17, 15) is 9.59 Å². The van der Waals surface area contributed by atoms with Crippen LogP contribution in [-0.4, -0.2) is 17.0 Å². The minimum Gasteiger partial charge on any atom is -0.462 e. The Balaban J connectivity index is 1.74. The molecule has 0 bridgehead atoms. The number of nitrogens with zero attached hydrogens (tertiary/aromatic N) is 1. The Morgan fingerprint density at radius 3 is 2.62 bits per heavy atom. The van der Waals surface area contributed by atoms with Crippen LogP contribution < -0.4 is 10.6 Å². The molecule has 0 spiro atoms. The Kier molecular flexibility index (Phi) is 4.52. The Morgan fingerprint density at radius 1 is 1.25 bits per heavy atom. The van der Waals surface area contributed by atoms with Gasteiger partial charge in [0.15, 0.2) is 5.17 Å². The molecule has 0 aliphatic carbocycles. The molecule has 7 heteroatoms. The third kappa shape index (κ3) is 3.94. The Hall–Kier alpha value is -2.80. The number of carbonyl (C=O) groups excluding carboxylic acids is 2. The number of hydrogen-bond donors (Lipinski definition) is 2. The van der Waals surface area contributed by atoms with Crippen LogP contribution >= 0.6 is 11.8 Å². The van der Waals surface area contributed by atoms with Crippen LogP contribution in [0, 0.1) is 6.92 Å². The topological polar surface area (TPSA) is 83.7 Å². The van der Waals surface area contributed by atoms with Gasteiger partial charge in [-0.15, -0.1) is 0 Å². The molecule has 6 nitrogen and oxygen atoms in total. The lowest BCUT2D eigenvalue weighted by atomic mass is 10.3. The van der Waals surface area contributed by atoms with E-state index in [-0.39, 0.29) is 11.8 Å². The van der Waals surface area contributed by atoms with Crippen molar-refractivity contribution in [1.82, 2.24) is 5.32 Å². The molecule has 1 saturated heterocycles. The van der Waals surface area contributed by atoms with Gasteiger partial charge in [-0.1, -0.05) is 0 Å². The lowest BCUT2D eigenvalue weighted by Gasteiger charge is -2.02. The maximum atomic E-state index is 12.0. The molecule has 1 aromatic heterocycles. The third-order valence-electron chi connectivity index (χ3n) is 3.10. The Morgan fingerprint density at radius 2 is 2.00 bits per heavy atom. The van der Waals surface area contributed by atoms with Crippen LogP contribution in [0.1, 0.15) is 18.4 Å². The summed E-state index contributed by atoms with van der Waals surface area (Å²) < 4.78 is 5.45. The van der Waals surface area contributed by atoms with Crippen molar-refractivity contribution >= 4 is 46.2 Å². The SMILES string of the molecule is CC(=O)Nc1ccc(N=C2NC(=O)/C(=C/c3ccc(C)o3)S2)cc1. The van der Waals surface area contributed by atoms with Gasteiger partial charge < -0.3 is 15.1 Å². The predicted octanol–water partition coefficient (Wildman–Crippen LogP) is 3.44. The van der Waals surface area contributed by atoms with Gasteiger partial charge in [0.1, 0.15) is 11.5 Å². The quantitative estimate of drug-likeness (QED) is 0.838. The van der Waals surface area contributed by atoms with Gasteiger partial charge in [-0.05, 0) is 55.1 Å². The molecule has 2 N–H and O–H groups in total. The van der Waals surface area contributed by atoms with Gasteiger partial charge in [-0.2, -0.15) is 0 Å². The van der Waals surface area contributed by atoms with Gasteiger partial charge >= 0.3 is 0 Å². The number of amidine groups is 1. The van der Waals surface area contributed by atoms with E-state index in [1.165, 1.54) is 18.7 Å². The highest BCUT2D eigenvalue weighted by molar-refractivity contribution is 8.18. The number of aryl methyl sites for hydroxylation is 1. The fourth-order valence-electron chi connectivity index (χ4n) is 2.08. The summed E-state index contributed by atoms with van der Waals surface area (Å²) in [5.41, 5.74) is 1.38. The highest BCUT2D eigenvalue weighted by Gasteiger charge is 2.24. The summed E-state index contributed by atoms with van der Waals surface area (Å²) in [5.74, 6) is 1.09. The van der Waals surface area contributed by atoms with Crippen molar-refractivity contribution in [2.24, 2.45) is 4.99 Å². The smallest absolute Gasteiger partial charge is 0.264 e. The minimum atomic E-state index is -0.206. The summed E-state index contributed by atoms with van der Waals surface area (Å²) >= 11 is 1.25. The van der Waals surface area contributed by atoms with Crippen LogP contribution in [0.15, 0.2) is 50.7 Å². The molecule has 2 amide bonds. The zero-order valence-corrected chi connectivity index (χ0v) is 13.9. The van der Waals surface area contributed by atoms with Crippen LogP contribution in [0.4, 0.5) is 11.4 Å². The van der Waals surface area contributed by atoms with Crippen molar-refractivity contribution in [2.45, 2.75) is 13.8 Å². The third-order valence-corrected chi connectivity index (χ3v) is 4.01. The molecule has 1 aliphatic heterocycles. The Bertz CT molecular complexity index is 850. The lowest BCUT2D eigenvalue weighted by molar-refractivity contribution is -0.115. The molecule has 0 saturated carbocycles. The van der Waals surface area contributed by atoms with Gasteiger partial charge in [0.25, 0.3) is 5.91 Å². The number of anilines is 1. The van der Waals surface area contributed by atoms with E-state index < -0.39 is 0 Å². The minimum absolute atomic E-state index is 0.129. The van der Waals surface area contributed by atoms with E-state index in [0.29, 0.717) is 27.2 Å². The molecule has 0 radical (unpaired) electrons. The van der Waals surface area contributed by atoms with Gasteiger partial charge in [-0.25, -0.2) is 4.99 Å². The summed E-state index contributed by atoms with van der Waals surface area (Å²) in [5, 5.41) is 5.91. The molecule has 24 heavy (non-hydrogen) atoms. The first-order chi connectivity index (χ1) is 11.5. The molecular formula is C17H15N3O3S. The average molecular weight is 341 g/mol. The van der Waals surface area contributed by atoms with Gasteiger partial charge in [0, 0.05) is 18.7 Å². The first-order valence-corrected chi connectivity index (χ1v) is 8.05. The number of carbonyl (C=O) groups is 2. The number of aliphatic imine (C=N–C) groups is 1. The molecule has 2 heterocycles. The number of rotatable bonds is 3. The van der Waals surface area contributed by atoms with Crippen molar-refractivity contribution in [1.29, 1.82) is 0 Å². The summed E-state index contributed by atoms with van der Waals surface area (Å²) in [6.07, 6.45) is 1.69. The highest BCUT2D eigenvalue weighted by Crippen LogP contribution is 2.28. The number of thioether (sulfide) groups is 1. The summed E-state index contributed by atoms with van der Waals surface area (Å²) in [6, 6.07) is 10.7. The normalized spacial score (nSPS) is 17.3. The molecule has 0 atom stereocenters. The number of benzene rings is 1. The van der Waals surface area contributed by atoms with Crippen LogP contribution in [0.3, 0.4) is 0 Å². The van der Waals surface area contributed by atoms with Crippen LogP contribution in [0.2, 0.25) is 0 Å². The maximum absolute atomic E-state index is 12.0. The summed E-state index contributed by atoms with van der Waals surface area (Å²) in [6.45, 7) is 3.30. The number of hydrogen-bond acceptors (Lipinski definition) is 5. The van der Waals surface area contributed by atoms with Crippen molar-refractivity contribution in [3.63, 3.8) is 0 Å². The van der Waals surface area contributed by atoms with Crippen molar-refractivity contribution in [2.75, 3.05) is 5.32 Å². The zero-order valence-electron chi connectivity index (χ0n) is 13.1. The first kappa shape index (κ1) is 16.1. The van der Waals surface area contributed by atoms with Crippen LogP contribution in [0.25, 0.3) is 6.08 Å². The summed E-state index contributed by atoms with van der Waals surface area (Å²) in [4.78, 5) is 27.9. The molecule has 1 aliphatic rings. The number of furan rings is 1. The molecule has 1 aromatic carbocycles. The van der Waals surface area contributed by atoms with Crippen molar-refractivity contribution in [3.05, 3.63) is 52.8 Å². The van der Waals surface area contributed by atoms with Crippen LogP contribution in [0.5, 0.6) is 0 Å². The second kappa shape index (κ2) is 6.76. The molecule has 1 fully saturated rings. The van der Waals surface area contributed by atoms with E-state index in [1.54, 1.807) is 30.3 Å². The second-order valence-electron chi connectivity index (χ2n) is 5.16. The van der Waals surface area contributed by atoms with Gasteiger partial charge in [0.05, 0.1) is 10.6 Å². The highest BCUT2D eigenvalue weighted by atomic mass is 32.2. The first-order valence-electron chi connectivity index (χ1n) is 7.23. The number of nitrogens with one attached hydrogen (secondary N) is 2. The predicted molar refractivity (Wildman–Crippen MR) is 95.0 cm³/mol. The van der Waals surface area contributed by atoms with E-state index in [4.69, 9.17) is 4.42 Å². The fourth-order valence-corrected chi connectivity index (χ4v) is 2.90. The Labute approximate surface area is 143 Å². The van der Waals surface area contributed by atoms with Gasteiger partial charge in [-0.3, -0.25) is 9.59 Å². The molecule has 122 valence electrons. The van der Waals surface area contributed by atoms with E-state index >= 15 is 0 Å². The maximum Gasteiger partial charge on any atom is 0.264 e. The van der Waals surface area contributed by atoms with Crippen molar-refractivity contribution in [3.8, 4) is 0 Å². The monoisotopic (exact) mass is 341 g/mol. The largest absolute Gasteiger partial charge is 0.462 e. The second-order valence-corrected chi connectivity index (χ2v) is 6.19.